The number of ketones is 1. The topological polar surface area (TPSA) is 77.8 Å². The van der Waals surface area contributed by atoms with Crippen molar-refractivity contribution in [3.8, 4) is 0 Å². The first kappa shape index (κ1) is 23.4. The Kier molecular flexibility index (Phi) is 6.24. The summed E-state index contributed by atoms with van der Waals surface area (Å²) in [4.78, 5) is 12.5. The van der Waals surface area contributed by atoms with Crippen LogP contribution in [-0.4, -0.2) is 39.4 Å². The fourth-order valence-electron chi connectivity index (χ4n) is 8.55. The molecule has 4 heteroatoms. The van der Waals surface area contributed by atoms with Gasteiger partial charge in [-0.3, -0.25) is 4.79 Å². The molecule has 0 aromatic carbocycles. The summed E-state index contributed by atoms with van der Waals surface area (Å²) < 4.78 is 0. The van der Waals surface area contributed by atoms with Crippen LogP contribution in [0.15, 0.2) is 11.1 Å². The molecule has 0 unspecified atom stereocenters. The van der Waals surface area contributed by atoms with Crippen molar-refractivity contribution in [2.24, 2.45) is 40.4 Å². The van der Waals surface area contributed by atoms with Crippen LogP contribution in [0, 0.1) is 40.4 Å². The number of carbonyl (C=O) groups is 1. The molecule has 4 nitrogen and oxygen atoms in total. The average molecular weight is 433 g/mol. The standard InChI is InChI=1S/C27H44O4/c1-15(2)10-17(28)11-16(3)19-6-7-20-18-12-23(29)22-13-24(30)25(31)14-27(22,5)21(18)8-9-26(19,20)4/h15-16,19-20,22-25,29-31H,6-14H2,1-5H3/t16-,19-,20+,22-,23+,24-,25+,26-,27-/m0/s1. The molecule has 0 aliphatic heterocycles. The minimum Gasteiger partial charge on any atom is -0.392 e. The maximum Gasteiger partial charge on any atom is 0.133 e. The molecule has 0 bridgehead atoms. The lowest BCUT2D eigenvalue weighted by atomic mass is 9.49. The first-order valence-corrected chi connectivity index (χ1v) is 12.8. The molecule has 0 heterocycles. The van der Waals surface area contributed by atoms with E-state index in [9.17, 15) is 20.1 Å². The Morgan fingerprint density at radius 3 is 2.42 bits per heavy atom. The summed E-state index contributed by atoms with van der Waals surface area (Å²) in [5, 5.41) is 31.8. The number of hydrogen-bond donors (Lipinski definition) is 3. The summed E-state index contributed by atoms with van der Waals surface area (Å²) in [7, 11) is 0. The van der Waals surface area contributed by atoms with Crippen LogP contribution in [0.2, 0.25) is 0 Å². The fraction of sp³-hybridized carbons (Fsp3) is 0.889. The van der Waals surface area contributed by atoms with Crippen molar-refractivity contribution in [2.45, 2.75) is 111 Å². The monoisotopic (exact) mass is 432 g/mol. The molecule has 0 aromatic heterocycles. The zero-order chi connectivity index (χ0) is 22.7. The van der Waals surface area contributed by atoms with Crippen molar-refractivity contribution < 1.29 is 20.1 Å². The van der Waals surface area contributed by atoms with Crippen LogP contribution < -0.4 is 0 Å². The smallest absolute Gasteiger partial charge is 0.133 e. The van der Waals surface area contributed by atoms with Crippen molar-refractivity contribution >= 4 is 5.78 Å². The molecule has 0 spiro atoms. The van der Waals surface area contributed by atoms with Gasteiger partial charge in [-0.25, -0.2) is 0 Å². The molecule has 2 fully saturated rings. The molecule has 2 saturated carbocycles. The molecule has 4 rings (SSSR count). The van der Waals surface area contributed by atoms with Crippen LogP contribution in [0.4, 0.5) is 0 Å². The number of Topliss-reactive ketones (excluding diaryl/α,β-unsaturated/α-hetero) is 1. The number of aliphatic hydroxyl groups excluding tert-OH is 3. The Bertz CT molecular complexity index is 742. The van der Waals surface area contributed by atoms with E-state index in [1.807, 2.05) is 0 Å². The minimum absolute atomic E-state index is 0.0405. The highest BCUT2D eigenvalue weighted by Gasteiger charge is 2.58. The third kappa shape index (κ3) is 3.85. The van der Waals surface area contributed by atoms with Crippen LogP contribution >= 0.6 is 0 Å². The summed E-state index contributed by atoms with van der Waals surface area (Å²) in [6, 6.07) is 0. The van der Waals surface area contributed by atoms with Crippen LogP contribution in [0.1, 0.15) is 92.4 Å². The third-order valence-electron chi connectivity index (χ3n) is 9.98. The van der Waals surface area contributed by atoms with Crippen LogP contribution in [-0.2, 0) is 4.79 Å². The van der Waals surface area contributed by atoms with Gasteiger partial charge in [-0.1, -0.05) is 45.8 Å². The number of hydrogen-bond acceptors (Lipinski definition) is 4. The van der Waals surface area contributed by atoms with Crippen molar-refractivity contribution in [3.05, 3.63) is 11.1 Å². The first-order chi connectivity index (χ1) is 14.5. The van der Waals surface area contributed by atoms with E-state index in [2.05, 4.69) is 34.6 Å². The maximum atomic E-state index is 12.5. The fourth-order valence-corrected chi connectivity index (χ4v) is 8.55. The van der Waals surface area contributed by atoms with Gasteiger partial charge in [-0.2, -0.15) is 0 Å². The van der Waals surface area contributed by atoms with Gasteiger partial charge < -0.3 is 15.3 Å². The summed E-state index contributed by atoms with van der Waals surface area (Å²) >= 11 is 0. The summed E-state index contributed by atoms with van der Waals surface area (Å²) in [5.41, 5.74) is 2.95. The Balaban J connectivity index is 1.59. The molecule has 0 aromatic rings. The zero-order valence-corrected chi connectivity index (χ0v) is 20.2. The van der Waals surface area contributed by atoms with E-state index in [0.29, 0.717) is 55.1 Å². The summed E-state index contributed by atoms with van der Waals surface area (Å²) in [5.74, 6) is 2.33. The van der Waals surface area contributed by atoms with E-state index in [1.54, 1.807) is 0 Å². The number of aliphatic hydroxyl groups is 3. The van der Waals surface area contributed by atoms with E-state index in [0.717, 1.165) is 25.7 Å². The molecule has 4 aliphatic rings. The van der Waals surface area contributed by atoms with Gasteiger partial charge in [0, 0.05) is 12.8 Å². The van der Waals surface area contributed by atoms with Gasteiger partial charge in [0.1, 0.15) is 5.78 Å². The first-order valence-electron chi connectivity index (χ1n) is 12.8. The molecule has 4 aliphatic carbocycles. The van der Waals surface area contributed by atoms with Crippen molar-refractivity contribution in [2.75, 3.05) is 0 Å². The number of rotatable bonds is 5. The maximum absolute atomic E-state index is 12.5. The predicted octanol–water partition coefficient (Wildman–Crippen LogP) is 4.65. The zero-order valence-electron chi connectivity index (χ0n) is 20.2. The normalized spacial score (nSPS) is 45.8. The van der Waals surface area contributed by atoms with Crippen molar-refractivity contribution in [3.63, 3.8) is 0 Å². The van der Waals surface area contributed by atoms with Gasteiger partial charge in [-0.05, 0) is 85.4 Å². The lowest BCUT2D eigenvalue weighted by molar-refractivity contribution is -0.121. The average Bonchev–Trinajstić information content (AvgIpc) is 3.01. The molecule has 0 saturated heterocycles. The number of allylic oxidation sites excluding steroid dienone is 1. The van der Waals surface area contributed by atoms with Gasteiger partial charge in [0.15, 0.2) is 0 Å². The Morgan fingerprint density at radius 2 is 1.74 bits per heavy atom. The second kappa shape index (κ2) is 8.25. The van der Waals surface area contributed by atoms with Gasteiger partial charge >= 0.3 is 0 Å². The number of fused-ring (bicyclic) bond motifs is 4. The second-order valence-electron chi connectivity index (χ2n) is 12.4. The molecule has 9 atom stereocenters. The SMILES string of the molecule is CC(C)CC(=O)C[C@H](C)[C@@H]1CC[C@@H]2C3=C(CC[C@]21C)[C@]1(C)C[C@@H](O)[C@@H](O)C[C@H]1[C@H](O)C3. The minimum atomic E-state index is -0.719. The lowest BCUT2D eigenvalue weighted by Gasteiger charge is -2.57. The summed E-state index contributed by atoms with van der Waals surface area (Å²) in [6.07, 6.45) is 5.82. The van der Waals surface area contributed by atoms with Gasteiger partial charge in [0.25, 0.3) is 0 Å². The quantitative estimate of drug-likeness (QED) is 0.553. The van der Waals surface area contributed by atoms with Crippen LogP contribution in [0.25, 0.3) is 0 Å². The van der Waals surface area contributed by atoms with E-state index >= 15 is 0 Å². The van der Waals surface area contributed by atoms with Crippen molar-refractivity contribution in [1.29, 1.82) is 0 Å². The van der Waals surface area contributed by atoms with E-state index in [1.165, 1.54) is 17.6 Å². The highest BCUT2D eigenvalue weighted by atomic mass is 16.3. The molecule has 0 radical (unpaired) electrons. The molecule has 176 valence electrons. The van der Waals surface area contributed by atoms with Crippen LogP contribution in [0.5, 0.6) is 0 Å². The van der Waals surface area contributed by atoms with E-state index in [4.69, 9.17) is 0 Å². The molecular formula is C27H44O4. The summed E-state index contributed by atoms with van der Waals surface area (Å²) in [6.45, 7) is 11.2. The second-order valence-corrected chi connectivity index (χ2v) is 12.4. The van der Waals surface area contributed by atoms with Gasteiger partial charge in [-0.15, -0.1) is 0 Å². The van der Waals surface area contributed by atoms with E-state index < -0.39 is 18.3 Å². The predicted molar refractivity (Wildman–Crippen MR) is 122 cm³/mol. The molecular weight excluding hydrogens is 388 g/mol. The highest BCUT2D eigenvalue weighted by molar-refractivity contribution is 5.78. The van der Waals surface area contributed by atoms with Crippen molar-refractivity contribution in [1.82, 2.24) is 0 Å². The molecule has 3 N–H and O–H groups in total. The molecule has 0 amide bonds. The Labute approximate surface area is 188 Å². The van der Waals surface area contributed by atoms with Crippen LogP contribution in [0.3, 0.4) is 0 Å². The Hall–Kier alpha value is -0.710. The number of carbonyl (C=O) groups excluding carboxylic acids is 1. The third-order valence-corrected chi connectivity index (χ3v) is 9.98. The van der Waals surface area contributed by atoms with E-state index in [-0.39, 0.29) is 16.7 Å². The highest BCUT2D eigenvalue weighted by Crippen LogP contribution is 2.66. The van der Waals surface area contributed by atoms with Gasteiger partial charge in [0.2, 0.25) is 0 Å². The van der Waals surface area contributed by atoms with Gasteiger partial charge in [0.05, 0.1) is 18.3 Å². The Morgan fingerprint density at radius 1 is 1.03 bits per heavy atom. The lowest BCUT2D eigenvalue weighted by Crippen LogP contribution is -2.54. The molecule has 31 heavy (non-hydrogen) atoms. The largest absolute Gasteiger partial charge is 0.392 e.